The molecule has 0 saturated heterocycles. The summed E-state index contributed by atoms with van der Waals surface area (Å²) in [6.45, 7) is 2.44. The number of furan rings is 1. The number of rotatable bonds is 4. The van der Waals surface area contributed by atoms with Crippen molar-refractivity contribution in [2.75, 3.05) is 5.73 Å². The topological polar surface area (TPSA) is 59.5 Å². The van der Waals surface area contributed by atoms with Crippen molar-refractivity contribution in [3.8, 4) is 0 Å². The van der Waals surface area contributed by atoms with E-state index in [1.807, 2.05) is 30.0 Å². The largest absolute Gasteiger partial charge is 0.467 e. The van der Waals surface area contributed by atoms with Crippen molar-refractivity contribution in [2.45, 2.75) is 32.4 Å². The number of nitrogen functional groups attached to an aromatic ring is 1. The van der Waals surface area contributed by atoms with Gasteiger partial charge in [-0.1, -0.05) is 0 Å². The van der Waals surface area contributed by atoms with Crippen LogP contribution in [0.3, 0.4) is 0 Å². The number of amides is 1. The van der Waals surface area contributed by atoms with Gasteiger partial charge in [-0.15, -0.1) is 0 Å². The minimum atomic E-state index is 0.0481. The van der Waals surface area contributed by atoms with Crippen LogP contribution >= 0.6 is 0 Å². The zero-order valence-corrected chi connectivity index (χ0v) is 11.5. The number of nitrogens with two attached hydrogens (primary N) is 1. The second-order valence-corrected chi connectivity index (χ2v) is 5.31. The Labute approximate surface area is 118 Å². The lowest BCUT2D eigenvalue weighted by atomic mass is 10.1. The van der Waals surface area contributed by atoms with Gasteiger partial charge in [-0.3, -0.25) is 4.79 Å². The molecule has 1 amide bonds. The fraction of sp³-hybridized carbons (Fsp3) is 0.312. The summed E-state index contributed by atoms with van der Waals surface area (Å²) in [6, 6.07) is 9.53. The number of carbonyl (C=O) groups is 1. The first-order chi connectivity index (χ1) is 9.65. The van der Waals surface area contributed by atoms with Gasteiger partial charge in [0.15, 0.2) is 0 Å². The third-order valence-corrected chi connectivity index (χ3v) is 3.67. The molecule has 20 heavy (non-hydrogen) atoms. The van der Waals surface area contributed by atoms with Crippen molar-refractivity contribution < 1.29 is 9.21 Å². The van der Waals surface area contributed by atoms with Gasteiger partial charge < -0.3 is 15.1 Å². The summed E-state index contributed by atoms with van der Waals surface area (Å²) in [4.78, 5) is 14.6. The van der Waals surface area contributed by atoms with E-state index in [1.165, 1.54) is 0 Å². The summed E-state index contributed by atoms with van der Waals surface area (Å²) >= 11 is 0. The van der Waals surface area contributed by atoms with Crippen LogP contribution < -0.4 is 5.73 Å². The predicted octanol–water partition coefficient (Wildman–Crippen LogP) is 2.98. The van der Waals surface area contributed by atoms with Crippen molar-refractivity contribution in [3.63, 3.8) is 0 Å². The van der Waals surface area contributed by atoms with Crippen LogP contribution in [0, 0.1) is 6.92 Å². The molecular formula is C16H18N2O2. The van der Waals surface area contributed by atoms with Gasteiger partial charge in [0.1, 0.15) is 5.76 Å². The Morgan fingerprint density at radius 2 is 2.20 bits per heavy atom. The number of nitrogens with zero attached hydrogens (tertiary/aromatic N) is 1. The summed E-state index contributed by atoms with van der Waals surface area (Å²) in [5, 5.41) is 0. The molecule has 0 atom stereocenters. The molecule has 3 rings (SSSR count). The lowest BCUT2D eigenvalue weighted by Crippen LogP contribution is -2.32. The van der Waals surface area contributed by atoms with E-state index in [9.17, 15) is 4.79 Å². The number of hydrogen-bond donors (Lipinski definition) is 1. The molecule has 4 nitrogen and oxygen atoms in total. The molecule has 1 aromatic heterocycles. The highest BCUT2D eigenvalue weighted by Crippen LogP contribution is 2.30. The molecule has 4 heteroatoms. The van der Waals surface area contributed by atoms with Crippen LogP contribution in [0.5, 0.6) is 0 Å². The van der Waals surface area contributed by atoms with E-state index in [1.54, 1.807) is 18.4 Å². The maximum Gasteiger partial charge on any atom is 0.254 e. The van der Waals surface area contributed by atoms with Gasteiger partial charge in [0, 0.05) is 17.3 Å². The van der Waals surface area contributed by atoms with Crippen LogP contribution in [0.4, 0.5) is 5.69 Å². The Balaban J connectivity index is 1.83. The van der Waals surface area contributed by atoms with Crippen LogP contribution in [0.1, 0.15) is 34.5 Å². The SMILES string of the molecule is Cc1cc(C(=O)N(Cc2ccco2)C2CC2)ccc1N. The Hall–Kier alpha value is -2.23. The molecule has 1 fully saturated rings. The van der Waals surface area contributed by atoms with Gasteiger partial charge in [-0.2, -0.15) is 0 Å². The number of aryl methyl sites for hydroxylation is 1. The van der Waals surface area contributed by atoms with E-state index in [0.29, 0.717) is 23.8 Å². The minimum Gasteiger partial charge on any atom is -0.467 e. The molecule has 1 aliphatic rings. The van der Waals surface area contributed by atoms with Crippen molar-refractivity contribution >= 4 is 11.6 Å². The Bertz CT molecular complexity index is 615. The molecule has 1 aromatic carbocycles. The van der Waals surface area contributed by atoms with E-state index in [-0.39, 0.29) is 5.91 Å². The lowest BCUT2D eigenvalue weighted by Gasteiger charge is -2.21. The summed E-state index contributed by atoms with van der Waals surface area (Å²) in [6.07, 6.45) is 3.78. The first-order valence-corrected chi connectivity index (χ1v) is 6.84. The quantitative estimate of drug-likeness (QED) is 0.869. The highest BCUT2D eigenvalue weighted by molar-refractivity contribution is 5.95. The maximum absolute atomic E-state index is 12.7. The van der Waals surface area contributed by atoms with Crippen molar-refractivity contribution in [1.29, 1.82) is 0 Å². The van der Waals surface area contributed by atoms with E-state index >= 15 is 0 Å². The average Bonchev–Trinajstić information content (AvgIpc) is 3.15. The van der Waals surface area contributed by atoms with Gasteiger partial charge in [0.05, 0.1) is 12.8 Å². The standard InChI is InChI=1S/C16H18N2O2/c1-11-9-12(4-7-15(11)17)16(19)18(13-5-6-13)10-14-3-2-8-20-14/h2-4,7-9,13H,5-6,10,17H2,1H3. The van der Waals surface area contributed by atoms with Gasteiger partial charge in [0.2, 0.25) is 0 Å². The van der Waals surface area contributed by atoms with Crippen molar-refractivity contribution in [2.24, 2.45) is 0 Å². The predicted molar refractivity (Wildman–Crippen MR) is 77.2 cm³/mol. The zero-order valence-electron chi connectivity index (χ0n) is 11.5. The molecular weight excluding hydrogens is 252 g/mol. The van der Waals surface area contributed by atoms with E-state index in [4.69, 9.17) is 10.2 Å². The highest BCUT2D eigenvalue weighted by Gasteiger charge is 2.33. The molecule has 0 aliphatic heterocycles. The van der Waals surface area contributed by atoms with Crippen molar-refractivity contribution in [1.82, 2.24) is 4.90 Å². The summed E-state index contributed by atoms with van der Waals surface area (Å²) in [7, 11) is 0. The third kappa shape index (κ3) is 2.54. The van der Waals surface area contributed by atoms with Gasteiger partial charge in [-0.05, 0) is 55.7 Å². The van der Waals surface area contributed by atoms with E-state index < -0.39 is 0 Å². The van der Waals surface area contributed by atoms with Gasteiger partial charge >= 0.3 is 0 Å². The molecule has 1 aliphatic carbocycles. The second kappa shape index (κ2) is 5.04. The van der Waals surface area contributed by atoms with Crippen LogP contribution in [-0.4, -0.2) is 16.8 Å². The number of benzene rings is 1. The van der Waals surface area contributed by atoms with Gasteiger partial charge in [-0.25, -0.2) is 0 Å². The molecule has 2 aromatic rings. The smallest absolute Gasteiger partial charge is 0.254 e. The fourth-order valence-corrected chi connectivity index (χ4v) is 2.30. The van der Waals surface area contributed by atoms with Crippen LogP contribution in [0.2, 0.25) is 0 Å². The van der Waals surface area contributed by atoms with E-state index in [0.717, 1.165) is 24.2 Å². The number of carbonyl (C=O) groups excluding carboxylic acids is 1. The Morgan fingerprint density at radius 1 is 1.40 bits per heavy atom. The van der Waals surface area contributed by atoms with Crippen LogP contribution in [-0.2, 0) is 6.54 Å². The molecule has 1 saturated carbocycles. The first-order valence-electron chi connectivity index (χ1n) is 6.84. The van der Waals surface area contributed by atoms with Crippen LogP contribution in [0.15, 0.2) is 41.0 Å². The van der Waals surface area contributed by atoms with Gasteiger partial charge in [0.25, 0.3) is 5.91 Å². The normalized spacial score (nSPS) is 14.2. The summed E-state index contributed by atoms with van der Waals surface area (Å²) < 4.78 is 5.36. The van der Waals surface area contributed by atoms with E-state index in [2.05, 4.69) is 0 Å². The summed E-state index contributed by atoms with van der Waals surface area (Å²) in [5.74, 6) is 0.865. The third-order valence-electron chi connectivity index (χ3n) is 3.67. The van der Waals surface area contributed by atoms with Crippen LogP contribution in [0.25, 0.3) is 0 Å². The molecule has 0 radical (unpaired) electrons. The molecule has 104 valence electrons. The first kappa shape index (κ1) is 12.8. The molecule has 0 spiro atoms. The molecule has 2 N–H and O–H groups in total. The number of anilines is 1. The Morgan fingerprint density at radius 3 is 2.80 bits per heavy atom. The molecule has 1 heterocycles. The fourth-order valence-electron chi connectivity index (χ4n) is 2.30. The number of hydrogen-bond acceptors (Lipinski definition) is 3. The average molecular weight is 270 g/mol. The monoisotopic (exact) mass is 270 g/mol. The lowest BCUT2D eigenvalue weighted by molar-refractivity contribution is 0.0717. The zero-order chi connectivity index (χ0) is 14.1. The molecule has 0 unspecified atom stereocenters. The second-order valence-electron chi connectivity index (χ2n) is 5.31. The highest BCUT2D eigenvalue weighted by atomic mass is 16.3. The molecule has 0 bridgehead atoms. The minimum absolute atomic E-state index is 0.0481. The Kier molecular flexibility index (Phi) is 3.22. The maximum atomic E-state index is 12.7. The summed E-state index contributed by atoms with van der Waals surface area (Å²) in [5.41, 5.74) is 8.15. The van der Waals surface area contributed by atoms with Crippen molar-refractivity contribution in [3.05, 3.63) is 53.5 Å².